The van der Waals surface area contributed by atoms with Gasteiger partial charge in [0.2, 0.25) is 0 Å². The number of rotatable bonds is 4. The van der Waals surface area contributed by atoms with E-state index in [1.54, 1.807) is 6.20 Å². The summed E-state index contributed by atoms with van der Waals surface area (Å²) in [6, 6.07) is 7.77. The minimum absolute atomic E-state index is 0.577. The first kappa shape index (κ1) is 14.8. The number of aliphatic hydroxyl groups is 1. The van der Waals surface area contributed by atoms with Crippen molar-refractivity contribution in [3.8, 4) is 0 Å². The van der Waals surface area contributed by atoms with Gasteiger partial charge in [0.15, 0.2) is 0 Å². The molecule has 1 unspecified atom stereocenters. The van der Waals surface area contributed by atoms with Crippen molar-refractivity contribution in [2.75, 3.05) is 0 Å². The Morgan fingerprint density at radius 2 is 2.05 bits per heavy atom. The molecule has 1 heterocycles. The van der Waals surface area contributed by atoms with Crippen LogP contribution in [0.4, 0.5) is 0 Å². The average molecular weight is 388 g/mol. The zero-order chi connectivity index (χ0) is 14.0. The highest BCUT2D eigenvalue weighted by atomic mass is 79.9. The largest absolute Gasteiger partial charge is 0.379 e. The van der Waals surface area contributed by atoms with E-state index < -0.39 is 5.60 Å². The third-order valence-corrected chi connectivity index (χ3v) is 4.37. The maximum atomic E-state index is 11.2. The van der Waals surface area contributed by atoms with Crippen LogP contribution in [0.15, 0.2) is 39.4 Å². The van der Waals surface area contributed by atoms with E-state index in [-0.39, 0.29) is 0 Å². The van der Waals surface area contributed by atoms with Crippen molar-refractivity contribution in [3.63, 3.8) is 0 Å². The molecule has 0 spiro atoms. The molecule has 0 saturated heterocycles. The van der Waals surface area contributed by atoms with Crippen LogP contribution in [0.25, 0.3) is 0 Å². The van der Waals surface area contributed by atoms with Gasteiger partial charge in [0.1, 0.15) is 5.60 Å². The molecule has 0 fully saturated rings. The van der Waals surface area contributed by atoms with Gasteiger partial charge < -0.3 is 5.11 Å². The van der Waals surface area contributed by atoms with E-state index in [9.17, 15) is 5.11 Å². The van der Waals surface area contributed by atoms with Crippen LogP contribution in [-0.4, -0.2) is 14.9 Å². The topological polar surface area (TPSA) is 38.0 Å². The van der Waals surface area contributed by atoms with Gasteiger partial charge in [-0.05, 0) is 47.0 Å². The Kier molecular flexibility index (Phi) is 4.48. The quantitative estimate of drug-likeness (QED) is 0.858. The molecule has 19 heavy (non-hydrogen) atoms. The van der Waals surface area contributed by atoms with Crippen molar-refractivity contribution in [3.05, 3.63) is 50.7 Å². The number of nitrogens with zero attached hydrogens (tertiary/aromatic N) is 2. The fourth-order valence-corrected chi connectivity index (χ4v) is 3.29. The molecule has 0 aliphatic rings. The Bertz CT molecular complexity index is 583. The monoisotopic (exact) mass is 386 g/mol. The molecule has 2 aromatic rings. The molecule has 1 atom stereocenters. The molecule has 0 saturated carbocycles. The lowest BCUT2D eigenvalue weighted by atomic mass is 9.88. The van der Waals surface area contributed by atoms with E-state index in [1.165, 1.54) is 0 Å². The zero-order valence-corrected chi connectivity index (χ0v) is 14.1. The highest BCUT2D eigenvalue weighted by Crippen LogP contribution is 2.37. The van der Waals surface area contributed by atoms with Crippen LogP contribution in [-0.2, 0) is 12.1 Å². The first-order chi connectivity index (χ1) is 9.02. The summed E-state index contributed by atoms with van der Waals surface area (Å²) >= 11 is 6.95. The van der Waals surface area contributed by atoms with Gasteiger partial charge in [0.05, 0.1) is 16.4 Å². The van der Waals surface area contributed by atoms with Crippen LogP contribution in [0.3, 0.4) is 0 Å². The summed E-state index contributed by atoms with van der Waals surface area (Å²) in [4.78, 5) is 0. The van der Waals surface area contributed by atoms with E-state index in [4.69, 9.17) is 0 Å². The molecule has 5 heteroatoms. The minimum atomic E-state index is -1.05. The molecule has 1 aromatic heterocycles. The maximum absolute atomic E-state index is 11.2. The average Bonchev–Trinajstić information content (AvgIpc) is 2.79. The third-order valence-electron chi connectivity index (χ3n) is 3.30. The normalized spacial score (nSPS) is 14.4. The van der Waals surface area contributed by atoms with Gasteiger partial charge in [-0.15, -0.1) is 0 Å². The second kappa shape index (κ2) is 5.77. The van der Waals surface area contributed by atoms with Crippen molar-refractivity contribution in [1.29, 1.82) is 0 Å². The van der Waals surface area contributed by atoms with Crippen molar-refractivity contribution >= 4 is 31.9 Å². The lowest BCUT2D eigenvalue weighted by molar-refractivity contribution is 0.0659. The Morgan fingerprint density at radius 1 is 1.32 bits per heavy atom. The summed E-state index contributed by atoms with van der Waals surface area (Å²) in [5, 5.41) is 15.5. The molecule has 1 aromatic carbocycles. The van der Waals surface area contributed by atoms with Gasteiger partial charge in [-0.3, -0.25) is 4.68 Å². The summed E-state index contributed by atoms with van der Waals surface area (Å²) in [5.74, 6) is 0. The zero-order valence-electron chi connectivity index (χ0n) is 10.9. The fraction of sp³-hybridized carbons (Fsp3) is 0.357. The molecule has 102 valence electrons. The number of hydrogen-bond donors (Lipinski definition) is 1. The van der Waals surface area contributed by atoms with Crippen molar-refractivity contribution < 1.29 is 5.11 Å². The second-order valence-corrected chi connectivity index (χ2v) is 6.15. The van der Waals surface area contributed by atoms with E-state index >= 15 is 0 Å². The number of aromatic nitrogens is 2. The number of benzene rings is 1. The first-order valence-corrected chi connectivity index (χ1v) is 7.81. The Balaban J connectivity index is 2.62. The molecule has 3 nitrogen and oxygen atoms in total. The summed E-state index contributed by atoms with van der Waals surface area (Å²) in [6.45, 7) is 4.71. The third kappa shape index (κ3) is 2.64. The molecular formula is C14H16Br2N2O. The Labute approximate surface area is 129 Å². The Morgan fingerprint density at radius 3 is 2.63 bits per heavy atom. The molecule has 2 rings (SSSR count). The van der Waals surface area contributed by atoms with E-state index in [2.05, 4.69) is 37.0 Å². The molecule has 0 bridgehead atoms. The number of aryl methyl sites for hydroxylation is 1. The van der Waals surface area contributed by atoms with Crippen molar-refractivity contribution in [1.82, 2.24) is 9.78 Å². The van der Waals surface area contributed by atoms with Gasteiger partial charge >= 0.3 is 0 Å². The molecule has 0 aliphatic carbocycles. The SMILES string of the molecule is CCn1ncc(Br)c1C(O)(CC)c1cccc(Br)c1. The summed E-state index contributed by atoms with van der Waals surface area (Å²) in [6.07, 6.45) is 2.31. The van der Waals surface area contributed by atoms with Crippen molar-refractivity contribution in [2.24, 2.45) is 0 Å². The van der Waals surface area contributed by atoms with Crippen LogP contribution in [0, 0.1) is 0 Å². The second-order valence-electron chi connectivity index (χ2n) is 4.38. The molecule has 1 N–H and O–H groups in total. The van der Waals surface area contributed by atoms with Crippen LogP contribution in [0.5, 0.6) is 0 Å². The van der Waals surface area contributed by atoms with Crippen LogP contribution in [0.1, 0.15) is 31.5 Å². The summed E-state index contributed by atoms with van der Waals surface area (Å²) in [7, 11) is 0. The fourth-order valence-electron chi connectivity index (χ4n) is 2.27. The smallest absolute Gasteiger partial charge is 0.132 e. The van der Waals surface area contributed by atoms with Crippen molar-refractivity contribution in [2.45, 2.75) is 32.4 Å². The maximum Gasteiger partial charge on any atom is 0.132 e. The molecule has 0 radical (unpaired) electrons. The van der Waals surface area contributed by atoms with Gasteiger partial charge in [-0.25, -0.2) is 0 Å². The van der Waals surface area contributed by atoms with Crippen LogP contribution >= 0.6 is 31.9 Å². The lowest BCUT2D eigenvalue weighted by Crippen LogP contribution is -2.30. The van der Waals surface area contributed by atoms with Gasteiger partial charge in [-0.2, -0.15) is 5.10 Å². The molecule has 0 amide bonds. The van der Waals surface area contributed by atoms with E-state index in [0.717, 1.165) is 26.7 Å². The highest BCUT2D eigenvalue weighted by Gasteiger charge is 2.35. The molecule has 0 aliphatic heterocycles. The van der Waals surface area contributed by atoms with E-state index in [1.807, 2.05) is 42.8 Å². The lowest BCUT2D eigenvalue weighted by Gasteiger charge is -2.29. The predicted molar refractivity (Wildman–Crippen MR) is 83.0 cm³/mol. The summed E-state index contributed by atoms with van der Waals surface area (Å²) in [5.41, 5.74) is 0.616. The summed E-state index contributed by atoms with van der Waals surface area (Å²) < 4.78 is 3.61. The van der Waals surface area contributed by atoms with Gasteiger partial charge in [-0.1, -0.05) is 35.0 Å². The minimum Gasteiger partial charge on any atom is -0.379 e. The predicted octanol–water partition coefficient (Wildman–Crippen LogP) is 4.07. The first-order valence-electron chi connectivity index (χ1n) is 6.23. The number of hydrogen-bond acceptors (Lipinski definition) is 2. The highest BCUT2D eigenvalue weighted by molar-refractivity contribution is 9.10. The number of halogens is 2. The van der Waals surface area contributed by atoms with Crippen LogP contribution in [0.2, 0.25) is 0 Å². The molecular weight excluding hydrogens is 372 g/mol. The van der Waals surface area contributed by atoms with E-state index in [0.29, 0.717) is 6.42 Å². The standard InChI is InChI=1S/C14H16Br2N2O/c1-3-14(19,10-6-5-7-11(15)8-10)13-12(16)9-17-18(13)4-2/h5-9,19H,3-4H2,1-2H3. The van der Waals surface area contributed by atoms with Gasteiger partial charge in [0, 0.05) is 11.0 Å². The Hall–Kier alpha value is -0.650. The van der Waals surface area contributed by atoms with Crippen LogP contribution < -0.4 is 0 Å². The van der Waals surface area contributed by atoms with Gasteiger partial charge in [0.25, 0.3) is 0 Å².